The maximum Gasteiger partial charge on any atom is 0.410 e. The molecule has 0 radical (unpaired) electrons. The molecule has 2 aromatic rings. The van der Waals surface area contributed by atoms with E-state index in [1.165, 1.54) is 12.1 Å². The van der Waals surface area contributed by atoms with E-state index in [2.05, 4.69) is 0 Å². The zero-order valence-corrected chi connectivity index (χ0v) is 13.9. The maximum absolute atomic E-state index is 13.2. The lowest BCUT2D eigenvalue weighted by Gasteiger charge is -2.38. The molecule has 132 valence electrons. The van der Waals surface area contributed by atoms with Gasteiger partial charge >= 0.3 is 6.09 Å². The van der Waals surface area contributed by atoms with Crippen molar-refractivity contribution in [3.63, 3.8) is 0 Å². The van der Waals surface area contributed by atoms with Crippen LogP contribution in [0.5, 0.6) is 0 Å². The van der Waals surface area contributed by atoms with Gasteiger partial charge in [-0.05, 0) is 42.0 Å². The molecule has 3 rings (SSSR count). The van der Waals surface area contributed by atoms with Gasteiger partial charge in [-0.25, -0.2) is 9.18 Å². The molecule has 2 atom stereocenters. The third-order valence-electron chi connectivity index (χ3n) is 4.62. The summed E-state index contributed by atoms with van der Waals surface area (Å²) in [6.07, 6.45) is 0.701. The Morgan fingerprint density at radius 3 is 2.52 bits per heavy atom. The summed E-state index contributed by atoms with van der Waals surface area (Å²) in [4.78, 5) is 14.2. The molecule has 0 N–H and O–H groups in total. The Kier molecular flexibility index (Phi) is 5.64. The number of rotatable bonds is 4. The van der Waals surface area contributed by atoms with Crippen LogP contribution in [0.4, 0.5) is 13.6 Å². The van der Waals surface area contributed by atoms with Gasteiger partial charge in [-0.15, -0.1) is 0 Å². The fourth-order valence-electron chi connectivity index (χ4n) is 3.20. The van der Waals surface area contributed by atoms with Crippen molar-refractivity contribution in [2.45, 2.75) is 25.5 Å². The third-order valence-corrected chi connectivity index (χ3v) is 4.62. The molecule has 0 saturated carbocycles. The molecule has 2 aromatic carbocycles. The van der Waals surface area contributed by atoms with E-state index < -0.39 is 12.8 Å². The number of piperidine rings is 1. The number of alkyl halides is 1. The van der Waals surface area contributed by atoms with Gasteiger partial charge in [-0.1, -0.05) is 42.5 Å². The molecule has 0 aromatic heterocycles. The summed E-state index contributed by atoms with van der Waals surface area (Å²) in [5.41, 5.74) is 1.71. The van der Waals surface area contributed by atoms with Crippen LogP contribution in [0.2, 0.25) is 0 Å². The number of benzene rings is 2. The van der Waals surface area contributed by atoms with E-state index in [0.29, 0.717) is 19.4 Å². The van der Waals surface area contributed by atoms with Crippen molar-refractivity contribution in [2.75, 3.05) is 13.2 Å². The molecule has 1 aliphatic rings. The average molecular weight is 345 g/mol. The second-order valence-corrected chi connectivity index (χ2v) is 6.35. The van der Waals surface area contributed by atoms with Crippen LogP contribution in [0.25, 0.3) is 0 Å². The number of halogens is 2. The van der Waals surface area contributed by atoms with Crippen LogP contribution in [0.1, 0.15) is 30.0 Å². The molecule has 5 heteroatoms. The molecule has 1 saturated heterocycles. The molecule has 1 fully saturated rings. The minimum atomic E-state index is -0.421. The summed E-state index contributed by atoms with van der Waals surface area (Å²) in [5.74, 6) is -0.423. The Balaban J connectivity index is 1.72. The Morgan fingerprint density at radius 1 is 1.12 bits per heavy atom. The second kappa shape index (κ2) is 8.10. The summed E-state index contributed by atoms with van der Waals surface area (Å²) in [7, 11) is 0. The lowest BCUT2D eigenvalue weighted by Crippen LogP contribution is -2.41. The number of hydrogen-bond acceptors (Lipinski definition) is 2. The molecule has 0 bridgehead atoms. The number of amides is 1. The molecular weight excluding hydrogens is 324 g/mol. The summed E-state index contributed by atoms with van der Waals surface area (Å²) in [5, 5.41) is 0. The van der Waals surface area contributed by atoms with Crippen LogP contribution in [0, 0.1) is 11.7 Å². The fraction of sp³-hybridized carbons (Fsp3) is 0.350. The highest BCUT2D eigenvalue weighted by atomic mass is 19.1. The normalized spacial score (nSPS) is 20.3. The minimum Gasteiger partial charge on any atom is -0.445 e. The first-order valence-electron chi connectivity index (χ1n) is 8.46. The topological polar surface area (TPSA) is 29.5 Å². The number of carbonyl (C=O) groups is 1. The van der Waals surface area contributed by atoms with Gasteiger partial charge in [0.1, 0.15) is 12.4 Å². The first-order valence-corrected chi connectivity index (χ1v) is 8.46. The number of ether oxygens (including phenoxy) is 1. The highest BCUT2D eigenvalue weighted by Crippen LogP contribution is 2.35. The average Bonchev–Trinajstić information content (AvgIpc) is 2.67. The van der Waals surface area contributed by atoms with Crippen LogP contribution < -0.4 is 0 Å². The van der Waals surface area contributed by atoms with Crippen molar-refractivity contribution in [3.8, 4) is 0 Å². The first-order chi connectivity index (χ1) is 12.2. The SMILES string of the molecule is O=C(OCc1ccccc1)N1CC[C@@H](CF)C[C@H]1c1ccc(F)cc1. The van der Waals surface area contributed by atoms with Gasteiger partial charge in [0.15, 0.2) is 0 Å². The number of nitrogens with zero attached hydrogens (tertiary/aromatic N) is 1. The third kappa shape index (κ3) is 4.35. The van der Waals surface area contributed by atoms with Crippen LogP contribution >= 0.6 is 0 Å². The van der Waals surface area contributed by atoms with Crippen LogP contribution in [0.15, 0.2) is 54.6 Å². The lowest BCUT2D eigenvalue weighted by atomic mass is 9.88. The highest BCUT2D eigenvalue weighted by Gasteiger charge is 2.33. The largest absolute Gasteiger partial charge is 0.445 e. The Morgan fingerprint density at radius 2 is 1.84 bits per heavy atom. The molecular formula is C20H21F2NO2. The van der Waals surface area contributed by atoms with Gasteiger partial charge < -0.3 is 9.64 Å². The zero-order valence-electron chi connectivity index (χ0n) is 13.9. The predicted molar refractivity (Wildman–Crippen MR) is 91.2 cm³/mol. The van der Waals surface area contributed by atoms with Gasteiger partial charge in [0.2, 0.25) is 0 Å². The molecule has 1 aliphatic heterocycles. The van der Waals surface area contributed by atoms with E-state index in [1.54, 1.807) is 17.0 Å². The monoisotopic (exact) mass is 345 g/mol. The Labute approximate surface area is 146 Å². The molecule has 0 spiro atoms. The molecule has 25 heavy (non-hydrogen) atoms. The molecule has 1 amide bonds. The van der Waals surface area contributed by atoms with Crippen molar-refractivity contribution < 1.29 is 18.3 Å². The summed E-state index contributed by atoms with van der Waals surface area (Å²) in [6.45, 7) is 0.216. The number of likely N-dealkylation sites (tertiary alicyclic amines) is 1. The first kappa shape index (κ1) is 17.4. The van der Waals surface area contributed by atoms with E-state index in [9.17, 15) is 13.6 Å². The van der Waals surface area contributed by atoms with Gasteiger partial charge in [-0.3, -0.25) is 4.39 Å². The van der Waals surface area contributed by atoms with E-state index >= 15 is 0 Å². The zero-order chi connectivity index (χ0) is 17.6. The van der Waals surface area contributed by atoms with Crippen molar-refractivity contribution in [1.29, 1.82) is 0 Å². The van der Waals surface area contributed by atoms with Gasteiger partial charge in [0, 0.05) is 6.54 Å². The fourth-order valence-corrected chi connectivity index (χ4v) is 3.20. The van der Waals surface area contributed by atoms with Gasteiger partial charge in [0.05, 0.1) is 12.7 Å². The van der Waals surface area contributed by atoms with Crippen molar-refractivity contribution in [2.24, 2.45) is 5.92 Å². The van der Waals surface area contributed by atoms with Crippen LogP contribution in [-0.4, -0.2) is 24.2 Å². The smallest absolute Gasteiger partial charge is 0.410 e. The van der Waals surface area contributed by atoms with Crippen LogP contribution in [0.3, 0.4) is 0 Å². The van der Waals surface area contributed by atoms with E-state index in [4.69, 9.17) is 4.74 Å². The number of hydrogen-bond donors (Lipinski definition) is 0. The Hall–Kier alpha value is -2.43. The predicted octanol–water partition coefficient (Wildman–Crippen LogP) is 4.89. The van der Waals surface area contributed by atoms with Crippen molar-refractivity contribution in [3.05, 3.63) is 71.5 Å². The molecule has 1 heterocycles. The summed E-state index contributed by atoms with van der Waals surface area (Å²) >= 11 is 0. The maximum atomic E-state index is 13.2. The Bertz CT molecular complexity index is 691. The van der Waals surface area contributed by atoms with E-state index in [0.717, 1.165) is 11.1 Å². The molecule has 3 nitrogen and oxygen atoms in total. The highest BCUT2D eigenvalue weighted by molar-refractivity contribution is 5.68. The lowest BCUT2D eigenvalue weighted by molar-refractivity contribution is 0.0530. The molecule has 0 aliphatic carbocycles. The standard InChI is InChI=1S/C20H21F2NO2/c21-13-16-10-11-23(19(12-16)17-6-8-18(22)9-7-17)20(24)25-14-15-4-2-1-3-5-15/h1-9,16,19H,10-14H2/t16-,19+/m1/s1. The van der Waals surface area contributed by atoms with E-state index in [1.807, 2.05) is 30.3 Å². The summed E-state index contributed by atoms with van der Waals surface area (Å²) < 4.78 is 31.8. The summed E-state index contributed by atoms with van der Waals surface area (Å²) in [6, 6.07) is 15.2. The van der Waals surface area contributed by atoms with Gasteiger partial charge in [0.25, 0.3) is 0 Å². The second-order valence-electron chi connectivity index (χ2n) is 6.35. The van der Waals surface area contributed by atoms with E-state index in [-0.39, 0.29) is 24.4 Å². The number of carbonyl (C=O) groups excluding carboxylic acids is 1. The van der Waals surface area contributed by atoms with Crippen molar-refractivity contribution in [1.82, 2.24) is 4.90 Å². The molecule has 0 unspecified atom stereocenters. The van der Waals surface area contributed by atoms with Gasteiger partial charge in [-0.2, -0.15) is 0 Å². The van der Waals surface area contributed by atoms with Crippen molar-refractivity contribution >= 4 is 6.09 Å². The van der Waals surface area contributed by atoms with Crippen LogP contribution in [-0.2, 0) is 11.3 Å². The quantitative estimate of drug-likeness (QED) is 0.790. The minimum absolute atomic E-state index is 0.0896.